The van der Waals surface area contributed by atoms with Crippen LogP contribution in [0.15, 0.2) is 0 Å². The third-order valence-corrected chi connectivity index (χ3v) is 2.45. The van der Waals surface area contributed by atoms with E-state index in [1.165, 1.54) is 0 Å². The summed E-state index contributed by atoms with van der Waals surface area (Å²) < 4.78 is 25.5. The van der Waals surface area contributed by atoms with E-state index in [-0.39, 0.29) is 6.42 Å². The Bertz CT molecular complexity index is 120. The molecule has 0 N–H and O–H groups in total. The highest BCUT2D eigenvalue weighted by molar-refractivity contribution is 4.81. The molecule has 1 saturated carbocycles. The van der Waals surface area contributed by atoms with Gasteiger partial charge in [-0.25, -0.2) is 8.78 Å². The monoisotopic (exact) mass is 148 g/mol. The smallest absolute Gasteiger partial charge is 0.207 e. The van der Waals surface area contributed by atoms with Crippen molar-refractivity contribution in [3.05, 3.63) is 0 Å². The molecule has 1 fully saturated rings. The normalized spacial score (nSPS) is 39.6. The molecule has 0 aromatic carbocycles. The third kappa shape index (κ3) is 1.47. The van der Waals surface area contributed by atoms with Crippen molar-refractivity contribution in [1.29, 1.82) is 0 Å². The minimum atomic E-state index is -2.38. The Balaban J connectivity index is 2.52. The molecule has 0 nitrogen and oxygen atoms in total. The summed E-state index contributed by atoms with van der Waals surface area (Å²) >= 11 is 0. The SMILES string of the molecule is C[C@H]1CCC(F)(F)[C@H](C)C1. The molecule has 0 heterocycles. The van der Waals surface area contributed by atoms with E-state index >= 15 is 0 Å². The minimum absolute atomic E-state index is 0.0926. The number of alkyl halides is 2. The molecule has 0 unspecified atom stereocenters. The Morgan fingerprint density at radius 3 is 2.30 bits per heavy atom. The third-order valence-electron chi connectivity index (χ3n) is 2.45. The van der Waals surface area contributed by atoms with Crippen molar-refractivity contribution in [3.63, 3.8) is 0 Å². The summed E-state index contributed by atoms with van der Waals surface area (Å²) in [6.45, 7) is 3.70. The van der Waals surface area contributed by atoms with Crippen LogP contribution in [0.5, 0.6) is 0 Å². The summed E-state index contributed by atoms with van der Waals surface area (Å²) in [6.07, 6.45) is 1.47. The van der Waals surface area contributed by atoms with Crippen molar-refractivity contribution in [2.24, 2.45) is 11.8 Å². The molecule has 1 aliphatic rings. The van der Waals surface area contributed by atoms with Crippen molar-refractivity contribution < 1.29 is 8.78 Å². The van der Waals surface area contributed by atoms with Gasteiger partial charge in [0.2, 0.25) is 0 Å². The standard InChI is InChI=1S/C8H14F2/c1-6-3-4-8(9,10)7(2)5-6/h6-7H,3-5H2,1-2H3/t6-,7+/m0/s1. The first-order valence-corrected chi connectivity index (χ1v) is 3.90. The van der Waals surface area contributed by atoms with E-state index < -0.39 is 11.8 Å². The van der Waals surface area contributed by atoms with Gasteiger partial charge in [-0.2, -0.15) is 0 Å². The van der Waals surface area contributed by atoms with Crippen molar-refractivity contribution >= 4 is 0 Å². The minimum Gasteiger partial charge on any atom is -0.207 e. The van der Waals surface area contributed by atoms with Crippen LogP contribution in [0.25, 0.3) is 0 Å². The molecule has 0 spiro atoms. The predicted molar refractivity (Wildman–Crippen MR) is 37.1 cm³/mol. The van der Waals surface area contributed by atoms with E-state index in [1.807, 2.05) is 6.92 Å². The Kier molecular flexibility index (Phi) is 1.97. The molecule has 0 aromatic heterocycles. The van der Waals surface area contributed by atoms with E-state index in [0.717, 1.165) is 0 Å². The molecule has 10 heavy (non-hydrogen) atoms. The van der Waals surface area contributed by atoms with Gasteiger partial charge in [0.25, 0.3) is 5.92 Å². The van der Waals surface area contributed by atoms with Crippen LogP contribution in [-0.2, 0) is 0 Å². The topological polar surface area (TPSA) is 0 Å². The second-order valence-corrected chi connectivity index (χ2v) is 3.54. The van der Waals surface area contributed by atoms with E-state index in [0.29, 0.717) is 18.8 Å². The van der Waals surface area contributed by atoms with Gasteiger partial charge >= 0.3 is 0 Å². The molecule has 1 rings (SSSR count). The van der Waals surface area contributed by atoms with E-state index in [2.05, 4.69) is 0 Å². The van der Waals surface area contributed by atoms with Crippen LogP contribution in [0.2, 0.25) is 0 Å². The van der Waals surface area contributed by atoms with Gasteiger partial charge in [0.15, 0.2) is 0 Å². The maximum absolute atomic E-state index is 12.8. The molecule has 0 radical (unpaired) electrons. The molecule has 2 atom stereocenters. The van der Waals surface area contributed by atoms with Crippen molar-refractivity contribution in [3.8, 4) is 0 Å². The van der Waals surface area contributed by atoms with Crippen LogP contribution >= 0.6 is 0 Å². The molecule has 0 bridgehead atoms. The Morgan fingerprint density at radius 2 is 1.90 bits per heavy atom. The maximum atomic E-state index is 12.8. The van der Waals surface area contributed by atoms with Crippen LogP contribution in [0, 0.1) is 11.8 Å². The van der Waals surface area contributed by atoms with Crippen LogP contribution in [-0.4, -0.2) is 5.92 Å². The predicted octanol–water partition coefficient (Wildman–Crippen LogP) is 3.08. The number of rotatable bonds is 0. The summed E-state index contributed by atoms with van der Waals surface area (Å²) in [6, 6.07) is 0. The molecular weight excluding hydrogens is 134 g/mol. The van der Waals surface area contributed by atoms with Gasteiger partial charge < -0.3 is 0 Å². The fraction of sp³-hybridized carbons (Fsp3) is 1.00. The average molecular weight is 148 g/mol. The Morgan fingerprint density at radius 1 is 1.30 bits per heavy atom. The van der Waals surface area contributed by atoms with Gasteiger partial charge in [0.1, 0.15) is 0 Å². The lowest BCUT2D eigenvalue weighted by molar-refractivity contribution is -0.0888. The van der Waals surface area contributed by atoms with Gasteiger partial charge in [-0.05, 0) is 18.8 Å². The molecule has 1 aliphatic carbocycles. The van der Waals surface area contributed by atoms with Gasteiger partial charge in [-0.3, -0.25) is 0 Å². The van der Waals surface area contributed by atoms with Gasteiger partial charge in [0.05, 0.1) is 0 Å². The maximum Gasteiger partial charge on any atom is 0.250 e. The van der Waals surface area contributed by atoms with Crippen molar-refractivity contribution in [2.75, 3.05) is 0 Å². The summed E-state index contributed by atoms with van der Waals surface area (Å²) in [7, 11) is 0. The highest BCUT2D eigenvalue weighted by Crippen LogP contribution is 2.40. The van der Waals surface area contributed by atoms with Gasteiger partial charge in [0, 0.05) is 12.3 Å². The lowest BCUT2D eigenvalue weighted by Gasteiger charge is -2.32. The molecule has 0 amide bonds. The highest BCUT2D eigenvalue weighted by atomic mass is 19.3. The fourth-order valence-electron chi connectivity index (χ4n) is 1.58. The first kappa shape index (κ1) is 7.96. The van der Waals surface area contributed by atoms with E-state index in [9.17, 15) is 8.78 Å². The van der Waals surface area contributed by atoms with Crippen molar-refractivity contribution in [2.45, 2.75) is 39.0 Å². The van der Waals surface area contributed by atoms with Gasteiger partial charge in [-0.15, -0.1) is 0 Å². The number of hydrogen-bond donors (Lipinski definition) is 0. The fourth-order valence-corrected chi connectivity index (χ4v) is 1.58. The average Bonchev–Trinajstić information content (AvgIpc) is 1.81. The lowest BCUT2D eigenvalue weighted by atomic mass is 9.81. The molecule has 0 saturated heterocycles. The molecule has 2 heteroatoms. The molecule has 0 aliphatic heterocycles. The zero-order valence-corrected chi connectivity index (χ0v) is 6.53. The quantitative estimate of drug-likeness (QED) is 0.495. The first-order chi connectivity index (χ1) is 4.52. The zero-order chi connectivity index (χ0) is 7.78. The second-order valence-electron chi connectivity index (χ2n) is 3.54. The second kappa shape index (κ2) is 2.48. The zero-order valence-electron chi connectivity index (χ0n) is 6.53. The van der Waals surface area contributed by atoms with Crippen LogP contribution in [0.3, 0.4) is 0 Å². The molecule has 60 valence electrons. The van der Waals surface area contributed by atoms with Crippen LogP contribution in [0.1, 0.15) is 33.1 Å². The summed E-state index contributed by atoms with van der Waals surface area (Å²) in [5, 5.41) is 0. The summed E-state index contributed by atoms with van der Waals surface area (Å²) in [4.78, 5) is 0. The largest absolute Gasteiger partial charge is 0.250 e. The molecular formula is C8H14F2. The number of hydrogen-bond acceptors (Lipinski definition) is 0. The Hall–Kier alpha value is -0.140. The van der Waals surface area contributed by atoms with Crippen LogP contribution < -0.4 is 0 Å². The highest BCUT2D eigenvalue weighted by Gasteiger charge is 2.40. The lowest BCUT2D eigenvalue weighted by Crippen LogP contribution is -2.32. The summed E-state index contributed by atoms with van der Waals surface area (Å²) in [5.41, 5.74) is 0. The summed E-state index contributed by atoms with van der Waals surface area (Å²) in [5.74, 6) is -2.29. The first-order valence-electron chi connectivity index (χ1n) is 3.90. The molecule has 0 aromatic rings. The van der Waals surface area contributed by atoms with E-state index in [1.54, 1.807) is 6.92 Å². The van der Waals surface area contributed by atoms with E-state index in [4.69, 9.17) is 0 Å². The Labute approximate surface area is 60.6 Å². The van der Waals surface area contributed by atoms with Gasteiger partial charge in [-0.1, -0.05) is 13.8 Å². The van der Waals surface area contributed by atoms with Crippen LogP contribution in [0.4, 0.5) is 8.78 Å². The van der Waals surface area contributed by atoms with Crippen molar-refractivity contribution in [1.82, 2.24) is 0 Å². The number of halogens is 2.